The molecule has 2 atom stereocenters. The summed E-state index contributed by atoms with van der Waals surface area (Å²) in [6, 6.07) is 5.21. The lowest BCUT2D eigenvalue weighted by atomic mass is 10.0. The summed E-state index contributed by atoms with van der Waals surface area (Å²) in [5.74, 6) is -2.45. The van der Waals surface area contributed by atoms with Crippen LogP contribution in [-0.4, -0.2) is 53.2 Å². The molecule has 2 amide bonds. The fourth-order valence-electron chi connectivity index (χ4n) is 2.99. The molecule has 9 nitrogen and oxygen atoms in total. The fraction of sp³-hybridized carbons (Fsp3) is 0.478. The number of carboxylic acids is 1. The number of thioether (sulfide) groups is 1. The molecular formula is C23H30F3N3O6S. The van der Waals surface area contributed by atoms with Gasteiger partial charge in [0.05, 0.1) is 6.04 Å². The molecule has 1 aromatic heterocycles. The van der Waals surface area contributed by atoms with E-state index in [2.05, 4.69) is 10.6 Å². The van der Waals surface area contributed by atoms with Crippen molar-refractivity contribution in [1.29, 1.82) is 0 Å². The van der Waals surface area contributed by atoms with Crippen LogP contribution in [0.4, 0.5) is 18.9 Å². The van der Waals surface area contributed by atoms with Gasteiger partial charge in [-0.3, -0.25) is 9.59 Å². The maximum Gasteiger partial charge on any atom is 0.490 e. The monoisotopic (exact) mass is 533 g/mol. The molecule has 1 heterocycles. The van der Waals surface area contributed by atoms with Crippen LogP contribution in [0.15, 0.2) is 33.5 Å². The van der Waals surface area contributed by atoms with Gasteiger partial charge in [-0.15, -0.1) is 0 Å². The molecule has 5 N–H and O–H groups in total. The Labute approximate surface area is 210 Å². The van der Waals surface area contributed by atoms with Crippen LogP contribution in [0.25, 0.3) is 11.0 Å². The number of nitrogens with one attached hydrogen (secondary N) is 2. The van der Waals surface area contributed by atoms with E-state index in [1.54, 1.807) is 30.0 Å². The van der Waals surface area contributed by atoms with Gasteiger partial charge in [-0.05, 0) is 55.4 Å². The normalized spacial score (nSPS) is 12.9. The molecule has 13 heteroatoms. The molecule has 0 aliphatic carbocycles. The van der Waals surface area contributed by atoms with Crippen molar-refractivity contribution >= 4 is 46.2 Å². The van der Waals surface area contributed by atoms with E-state index in [9.17, 15) is 27.6 Å². The van der Waals surface area contributed by atoms with Gasteiger partial charge in [0.1, 0.15) is 11.6 Å². The average Bonchev–Trinajstić information content (AvgIpc) is 2.75. The van der Waals surface area contributed by atoms with E-state index in [4.69, 9.17) is 20.1 Å². The molecule has 1 aromatic carbocycles. The van der Waals surface area contributed by atoms with Crippen LogP contribution in [0.2, 0.25) is 0 Å². The van der Waals surface area contributed by atoms with Crippen LogP contribution < -0.4 is 22.0 Å². The highest BCUT2D eigenvalue weighted by Gasteiger charge is 2.38. The van der Waals surface area contributed by atoms with Crippen molar-refractivity contribution in [2.45, 2.75) is 51.9 Å². The Morgan fingerprint density at radius 3 is 2.31 bits per heavy atom. The number of benzene rings is 1. The number of anilines is 1. The van der Waals surface area contributed by atoms with Gasteiger partial charge in [0.25, 0.3) is 0 Å². The van der Waals surface area contributed by atoms with E-state index in [0.29, 0.717) is 24.1 Å². The molecule has 0 spiro atoms. The van der Waals surface area contributed by atoms with Crippen LogP contribution in [-0.2, 0) is 14.4 Å². The molecule has 2 rings (SSSR count). The molecule has 0 fully saturated rings. The molecule has 0 saturated heterocycles. The third-order valence-electron chi connectivity index (χ3n) is 4.77. The summed E-state index contributed by atoms with van der Waals surface area (Å²) in [6.45, 7) is 5.78. The minimum Gasteiger partial charge on any atom is -0.475 e. The van der Waals surface area contributed by atoms with Crippen molar-refractivity contribution in [3.05, 3.63) is 40.2 Å². The summed E-state index contributed by atoms with van der Waals surface area (Å²) >= 11 is 1.62. The number of rotatable bonds is 9. The first-order chi connectivity index (χ1) is 16.6. The van der Waals surface area contributed by atoms with E-state index in [1.807, 2.05) is 27.0 Å². The summed E-state index contributed by atoms with van der Waals surface area (Å²) in [5.41, 5.74) is 7.18. The Hall–Kier alpha value is -3.06. The predicted octanol–water partition coefficient (Wildman–Crippen LogP) is 3.28. The van der Waals surface area contributed by atoms with E-state index < -0.39 is 29.9 Å². The SMILES string of the molecule is CSCC[C@H](N)C(=O)N[C@@H](CC(C)C)C(=O)Nc1ccc2c(C)cc(=O)oc2c1.O=C(O)C(F)(F)F. The first kappa shape index (κ1) is 31.0. The molecule has 0 saturated carbocycles. The Balaban J connectivity index is 0.000000809. The van der Waals surface area contributed by atoms with Gasteiger partial charge in [-0.2, -0.15) is 24.9 Å². The fourth-order valence-corrected chi connectivity index (χ4v) is 3.48. The molecule has 0 bridgehead atoms. The van der Waals surface area contributed by atoms with Crippen LogP contribution in [0.5, 0.6) is 0 Å². The van der Waals surface area contributed by atoms with Crippen molar-refractivity contribution in [3.8, 4) is 0 Å². The van der Waals surface area contributed by atoms with E-state index >= 15 is 0 Å². The van der Waals surface area contributed by atoms with Crippen LogP contribution in [0, 0.1) is 12.8 Å². The van der Waals surface area contributed by atoms with Gasteiger partial charge < -0.3 is 25.9 Å². The van der Waals surface area contributed by atoms with Crippen molar-refractivity contribution in [2.75, 3.05) is 17.3 Å². The van der Waals surface area contributed by atoms with Gasteiger partial charge in [0.15, 0.2) is 0 Å². The second-order valence-electron chi connectivity index (χ2n) is 8.33. The van der Waals surface area contributed by atoms with Gasteiger partial charge in [0, 0.05) is 23.2 Å². The lowest BCUT2D eigenvalue weighted by Crippen LogP contribution is -2.50. The minimum atomic E-state index is -5.08. The zero-order valence-corrected chi connectivity index (χ0v) is 21.1. The highest BCUT2D eigenvalue weighted by atomic mass is 32.2. The number of amides is 2. The highest BCUT2D eigenvalue weighted by molar-refractivity contribution is 7.98. The zero-order chi connectivity index (χ0) is 27.6. The summed E-state index contributed by atoms with van der Waals surface area (Å²) in [5, 5.41) is 13.5. The number of hydrogen-bond acceptors (Lipinski definition) is 7. The molecule has 0 unspecified atom stereocenters. The number of hydrogen-bond donors (Lipinski definition) is 4. The van der Waals surface area contributed by atoms with Crippen molar-refractivity contribution in [1.82, 2.24) is 5.32 Å². The number of halogens is 3. The number of aryl methyl sites for hydroxylation is 1. The molecule has 0 aliphatic heterocycles. The van der Waals surface area contributed by atoms with Crippen molar-refractivity contribution in [2.24, 2.45) is 11.7 Å². The van der Waals surface area contributed by atoms with Gasteiger partial charge in [0.2, 0.25) is 11.8 Å². The lowest BCUT2D eigenvalue weighted by molar-refractivity contribution is -0.192. The zero-order valence-electron chi connectivity index (χ0n) is 20.3. The van der Waals surface area contributed by atoms with Crippen molar-refractivity contribution in [3.63, 3.8) is 0 Å². The molecule has 0 radical (unpaired) electrons. The third kappa shape index (κ3) is 10.3. The van der Waals surface area contributed by atoms with Crippen LogP contribution >= 0.6 is 11.8 Å². The number of fused-ring (bicyclic) bond motifs is 1. The number of carboxylic acid groups (broad SMARTS) is 1. The standard InChI is InChI=1S/C21H29N3O4S.C2HF3O2/c1-12(2)9-17(24-20(26)16(22)7-8-29-4)21(27)23-14-5-6-15-13(3)10-19(25)28-18(15)11-14;3-2(4,5)1(6)7/h5-6,10-12,16-17H,7-9,22H2,1-4H3,(H,23,27)(H,24,26);(H,6,7)/t16-,17-;/m0./s1. The smallest absolute Gasteiger partial charge is 0.475 e. The molecule has 2 aromatic rings. The number of alkyl halides is 3. The molecule has 200 valence electrons. The van der Waals surface area contributed by atoms with Gasteiger partial charge in [-0.25, -0.2) is 9.59 Å². The first-order valence-corrected chi connectivity index (χ1v) is 12.3. The summed E-state index contributed by atoms with van der Waals surface area (Å²) < 4.78 is 37.0. The van der Waals surface area contributed by atoms with Gasteiger partial charge in [-0.1, -0.05) is 13.8 Å². The van der Waals surface area contributed by atoms with E-state index in [1.165, 1.54) is 6.07 Å². The highest BCUT2D eigenvalue weighted by Crippen LogP contribution is 2.21. The van der Waals surface area contributed by atoms with Crippen LogP contribution in [0.1, 0.15) is 32.3 Å². The third-order valence-corrected chi connectivity index (χ3v) is 5.42. The second-order valence-corrected chi connectivity index (χ2v) is 9.32. The van der Waals surface area contributed by atoms with E-state index in [0.717, 1.165) is 16.7 Å². The summed E-state index contributed by atoms with van der Waals surface area (Å²) in [6.07, 6.45) is -2.10. The van der Waals surface area contributed by atoms with Crippen molar-refractivity contribution < 1.29 is 37.1 Å². The maximum atomic E-state index is 12.8. The number of nitrogens with two attached hydrogens (primary N) is 1. The second kappa shape index (κ2) is 13.9. The number of carbonyl (C=O) groups is 3. The Kier molecular flexibility index (Phi) is 11.9. The predicted molar refractivity (Wildman–Crippen MR) is 132 cm³/mol. The average molecular weight is 534 g/mol. The Morgan fingerprint density at radius 1 is 1.17 bits per heavy atom. The van der Waals surface area contributed by atoms with E-state index in [-0.39, 0.29) is 17.7 Å². The minimum absolute atomic E-state index is 0.200. The first-order valence-electron chi connectivity index (χ1n) is 10.9. The van der Waals surface area contributed by atoms with Gasteiger partial charge >= 0.3 is 17.8 Å². The van der Waals surface area contributed by atoms with Crippen LogP contribution in [0.3, 0.4) is 0 Å². The quantitative estimate of drug-likeness (QED) is 0.359. The number of aliphatic carboxylic acids is 1. The summed E-state index contributed by atoms with van der Waals surface area (Å²) in [4.78, 5) is 45.7. The Bertz CT molecular complexity index is 1120. The molecule has 0 aliphatic rings. The lowest BCUT2D eigenvalue weighted by Gasteiger charge is -2.22. The maximum absolute atomic E-state index is 12.8. The topological polar surface area (TPSA) is 152 Å². The summed E-state index contributed by atoms with van der Waals surface area (Å²) in [7, 11) is 0. The molecular weight excluding hydrogens is 503 g/mol. The largest absolute Gasteiger partial charge is 0.490 e. The molecule has 36 heavy (non-hydrogen) atoms. The number of carbonyl (C=O) groups excluding carboxylic acids is 2. The Morgan fingerprint density at radius 2 is 1.78 bits per heavy atom.